The molecule has 2 aromatic carbocycles. The van der Waals surface area contributed by atoms with Gasteiger partial charge >= 0.3 is 0 Å². The van der Waals surface area contributed by atoms with E-state index in [0.29, 0.717) is 6.42 Å². The van der Waals surface area contributed by atoms with Crippen LogP contribution >= 0.6 is 0 Å². The molecule has 5 heteroatoms. The predicted molar refractivity (Wildman–Crippen MR) is 98.1 cm³/mol. The molecule has 0 radical (unpaired) electrons. The molecule has 130 valence electrons. The van der Waals surface area contributed by atoms with Crippen LogP contribution in [0.5, 0.6) is 11.5 Å². The van der Waals surface area contributed by atoms with Gasteiger partial charge in [0.05, 0.1) is 26.7 Å². The van der Waals surface area contributed by atoms with Crippen LogP contribution in [0.4, 0.5) is 0 Å². The smallest absolute Gasteiger partial charge is 0.224 e. The number of para-hydroxylation sites is 1. The Morgan fingerprint density at radius 2 is 1.96 bits per heavy atom. The zero-order valence-electron chi connectivity index (χ0n) is 14.6. The summed E-state index contributed by atoms with van der Waals surface area (Å²) >= 11 is 0. The molecule has 5 nitrogen and oxygen atoms in total. The second-order valence-corrected chi connectivity index (χ2v) is 5.93. The number of nitrogens with one attached hydrogen (secondary N) is 2. The van der Waals surface area contributed by atoms with Crippen LogP contribution in [0.1, 0.15) is 24.1 Å². The number of amides is 1. The molecule has 0 spiro atoms. The lowest BCUT2D eigenvalue weighted by Gasteiger charge is -2.18. The third-order valence-corrected chi connectivity index (χ3v) is 4.31. The van der Waals surface area contributed by atoms with E-state index < -0.39 is 0 Å². The summed E-state index contributed by atoms with van der Waals surface area (Å²) in [6, 6.07) is 13.3. The third-order valence-electron chi connectivity index (χ3n) is 4.31. The Bertz CT molecular complexity index is 886. The van der Waals surface area contributed by atoms with Crippen molar-refractivity contribution in [2.45, 2.75) is 19.4 Å². The maximum atomic E-state index is 12.5. The maximum absolute atomic E-state index is 12.5. The van der Waals surface area contributed by atoms with Gasteiger partial charge in [0.25, 0.3) is 0 Å². The quantitative estimate of drug-likeness (QED) is 0.722. The minimum absolute atomic E-state index is 0.0397. The molecule has 0 aliphatic heterocycles. The van der Waals surface area contributed by atoms with Crippen LogP contribution in [0, 0.1) is 0 Å². The summed E-state index contributed by atoms with van der Waals surface area (Å²) in [7, 11) is 3.23. The normalized spacial score (nSPS) is 12.0. The molecule has 1 atom stereocenters. The van der Waals surface area contributed by atoms with Crippen LogP contribution in [0.15, 0.2) is 48.7 Å². The SMILES string of the molecule is COc1ccc(OC)c(C(C)NC(=O)Cc2c[nH]c3ccccc23)c1. The van der Waals surface area contributed by atoms with Crippen molar-refractivity contribution in [2.75, 3.05) is 14.2 Å². The Morgan fingerprint density at radius 3 is 2.72 bits per heavy atom. The highest BCUT2D eigenvalue weighted by molar-refractivity contribution is 5.89. The maximum Gasteiger partial charge on any atom is 0.224 e. The molecule has 3 aromatic rings. The van der Waals surface area contributed by atoms with Gasteiger partial charge in [-0.3, -0.25) is 4.79 Å². The zero-order valence-corrected chi connectivity index (χ0v) is 14.6. The van der Waals surface area contributed by atoms with Crippen molar-refractivity contribution in [3.8, 4) is 11.5 Å². The fourth-order valence-electron chi connectivity index (χ4n) is 3.00. The fourth-order valence-corrected chi connectivity index (χ4v) is 3.00. The van der Waals surface area contributed by atoms with Crippen molar-refractivity contribution in [1.29, 1.82) is 0 Å². The first-order valence-electron chi connectivity index (χ1n) is 8.18. The molecule has 1 amide bonds. The molecule has 0 fully saturated rings. The largest absolute Gasteiger partial charge is 0.497 e. The number of carbonyl (C=O) groups is 1. The number of aromatic nitrogens is 1. The van der Waals surface area contributed by atoms with Crippen molar-refractivity contribution in [3.63, 3.8) is 0 Å². The number of aromatic amines is 1. The Labute approximate surface area is 147 Å². The lowest BCUT2D eigenvalue weighted by Crippen LogP contribution is -2.28. The van der Waals surface area contributed by atoms with Gasteiger partial charge in [-0.25, -0.2) is 0 Å². The first-order chi connectivity index (χ1) is 12.1. The van der Waals surface area contributed by atoms with Crippen molar-refractivity contribution >= 4 is 16.8 Å². The summed E-state index contributed by atoms with van der Waals surface area (Å²) in [5.74, 6) is 1.41. The number of ether oxygens (including phenoxy) is 2. The molecule has 1 aromatic heterocycles. The molecule has 2 N–H and O–H groups in total. The summed E-state index contributed by atoms with van der Waals surface area (Å²) in [6.45, 7) is 1.93. The van der Waals surface area contributed by atoms with E-state index in [9.17, 15) is 4.79 Å². The lowest BCUT2D eigenvalue weighted by atomic mass is 10.1. The molecule has 1 heterocycles. The number of H-pyrrole nitrogens is 1. The van der Waals surface area contributed by atoms with Gasteiger partial charge in [0, 0.05) is 22.7 Å². The highest BCUT2D eigenvalue weighted by Crippen LogP contribution is 2.29. The van der Waals surface area contributed by atoms with Crippen LogP contribution in [0.3, 0.4) is 0 Å². The Hall–Kier alpha value is -2.95. The fraction of sp³-hybridized carbons (Fsp3) is 0.250. The van der Waals surface area contributed by atoms with E-state index in [0.717, 1.165) is 33.5 Å². The summed E-state index contributed by atoms with van der Waals surface area (Å²) < 4.78 is 10.7. The highest BCUT2D eigenvalue weighted by Gasteiger charge is 2.16. The van der Waals surface area contributed by atoms with E-state index in [2.05, 4.69) is 10.3 Å². The van der Waals surface area contributed by atoms with Gasteiger partial charge in [0.1, 0.15) is 11.5 Å². The van der Waals surface area contributed by atoms with Gasteiger partial charge in [0.15, 0.2) is 0 Å². The Balaban J connectivity index is 1.74. The van der Waals surface area contributed by atoms with E-state index >= 15 is 0 Å². The van der Waals surface area contributed by atoms with E-state index in [-0.39, 0.29) is 11.9 Å². The molecular formula is C20H22N2O3. The lowest BCUT2D eigenvalue weighted by molar-refractivity contribution is -0.121. The van der Waals surface area contributed by atoms with Crippen molar-refractivity contribution < 1.29 is 14.3 Å². The molecule has 0 saturated heterocycles. The summed E-state index contributed by atoms with van der Waals surface area (Å²) in [6.07, 6.45) is 2.21. The first-order valence-corrected chi connectivity index (χ1v) is 8.18. The third kappa shape index (κ3) is 3.60. The topological polar surface area (TPSA) is 63.4 Å². The van der Waals surface area contributed by atoms with Crippen molar-refractivity contribution in [2.24, 2.45) is 0 Å². The van der Waals surface area contributed by atoms with Crippen LogP contribution in [0.25, 0.3) is 10.9 Å². The van der Waals surface area contributed by atoms with Gasteiger partial charge in [-0.05, 0) is 36.8 Å². The van der Waals surface area contributed by atoms with Gasteiger partial charge in [-0.2, -0.15) is 0 Å². The van der Waals surface area contributed by atoms with Gasteiger partial charge in [0.2, 0.25) is 5.91 Å². The molecule has 0 bridgehead atoms. The molecular weight excluding hydrogens is 316 g/mol. The molecule has 0 saturated carbocycles. The molecule has 3 rings (SSSR count). The summed E-state index contributed by atoms with van der Waals surface area (Å²) in [5.41, 5.74) is 2.90. The average molecular weight is 338 g/mol. The number of rotatable bonds is 6. The van der Waals surface area contributed by atoms with Crippen LogP contribution in [-0.4, -0.2) is 25.1 Å². The number of hydrogen-bond donors (Lipinski definition) is 2. The number of methoxy groups -OCH3 is 2. The highest BCUT2D eigenvalue weighted by atomic mass is 16.5. The first kappa shape index (κ1) is 16.9. The predicted octanol–water partition coefficient (Wildman–Crippen LogP) is 3.61. The summed E-state index contributed by atoms with van der Waals surface area (Å²) in [4.78, 5) is 15.7. The molecule has 0 aliphatic rings. The van der Waals surface area contributed by atoms with E-state index in [1.54, 1.807) is 14.2 Å². The molecule has 0 aliphatic carbocycles. The number of fused-ring (bicyclic) bond motifs is 1. The van der Waals surface area contributed by atoms with Crippen molar-refractivity contribution in [3.05, 3.63) is 59.8 Å². The number of hydrogen-bond acceptors (Lipinski definition) is 3. The number of benzene rings is 2. The van der Waals surface area contributed by atoms with Gasteiger partial charge in [-0.15, -0.1) is 0 Å². The second kappa shape index (κ2) is 7.30. The monoisotopic (exact) mass is 338 g/mol. The average Bonchev–Trinajstić information content (AvgIpc) is 3.04. The van der Waals surface area contributed by atoms with E-state index in [1.807, 2.05) is 55.6 Å². The number of carbonyl (C=O) groups excluding carboxylic acids is 1. The van der Waals surface area contributed by atoms with Crippen LogP contribution < -0.4 is 14.8 Å². The minimum atomic E-state index is -0.192. The van der Waals surface area contributed by atoms with Crippen LogP contribution in [0.2, 0.25) is 0 Å². The molecule has 1 unspecified atom stereocenters. The Morgan fingerprint density at radius 1 is 1.16 bits per heavy atom. The van der Waals surface area contributed by atoms with Crippen molar-refractivity contribution in [1.82, 2.24) is 10.3 Å². The second-order valence-electron chi connectivity index (χ2n) is 5.93. The minimum Gasteiger partial charge on any atom is -0.497 e. The Kier molecular flexibility index (Phi) is 4.93. The van der Waals surface area contributed by atoms with E-state index in [1.165, 1.54) is 0 Å². The summed E-state index contributed by atoms with van der Waals surface area (Å²) in [5, 5.41) is 4.11. The molecule has 25 heavy (non-hydrogen) atoms. The van der Waals surface area contributed by atoms with E-state index in [4.69, 9.17) is 9.47 Å². The zero-order chi connectivity index (χ0) is 17.8. The van der Waals surface area contributed by atoms with Crippen LogP contribution in [-0.2, 0) is 11.2 Å². The standard InChI is InChI=1S/C20H22N2O3/c1-13(17-11-15(24-2)8-9-19(17)25-3)22-20(23)10-14-12-21-18-7-5-4-6-16(14)18/h4-9,11-13,21H,10H2,1-3H3,(H,22,23). The van der Waals surface area contributed by atoms with Gasteiger partial charge in [-0.1, -0.05) is 18.2 Å². The van der Waals surface area contributed by atoms with Gasteiger partial charge < -0.3 is 19.8 Å².